The minimum absolute atomic E-state index is 0.0518. The molecular formula is C16H14F3N3OS2. The maximum absolute atomic E-state index is 12.9. The van der Waals surface area contributed by atoms with Crippen LogP contribution in [0.4, 0.5) is 13.2 Å². The number of carbonyl (C=O) groups excluding carboxylic acids is 1. The second-order valence-corrected chi connectivity index (χ2v) is 7.53. The summed E-state index contributed by atoms with van der Waals surface area (Å²) in [6.07, 6.45) is -4.61. The fourth-order valence-electron chi connectivity index (χ4n) is 1.96. The van der Waals surface area contributed by atoms with E-state index in [1.807, 2.05) is 23.6 Å². The van der Waals surface area contributed by atoms with Gasteiger partial charge >= 0.3 is 6.18 Å². The average Bonchev–Trinajstić information content (AvgIpc) is 3.04. The van der Waals surface area contributed by atoms with E-state index in [0.717, 1.165) is 22.7 Å². The Balaban J connectivity index is 2.16. The van der Waals surface area contributed by atoms with Crippen molar-refractivity contribution in [3.63, 3.8) is 0 Å². The maximum Gasteiger partial charge on any atom is 0.433 e. The molecule has 0 saturated carbocycles. The van der Waals surface area contributed by atoms with Gasteiger partial charge in [0.15, 0.2) is 0 Å². The van der Waals surface area contributed by atoms with Crippen LogP contribution in [0, 0.1) is 18.3 Å². The molecule has 0 spiro atoms. The largest absolute Gasteiger partial charge is 0.433 e. The Labute approximate surface area is 151 Å². The lowest BCUT2D eigenvalue weighted by molar-refractivity contribution is -0.141. The molecule has 1 N–H and O–H groups in total. The quantitative estimate of drug-likeness (QED) is 0.786. The maximum atomic E-state index is 12.9. The van der Waals surface area contributed by atoms with Gasteiger partial charge < -0.3 is 5.32 Å². The molecule has 4 nitrogen and oxygen atoms in total. The van der Waals surface area contributed by atoms with E-state index >= 15 is 0 Å². The van der Waals surface area contributed by atoms with Crippen molar-refractivity contribution in [1.29, 1.82) is 5.26 Å². The second-order valence-electron chi connectivity index (χ2n) is 5.17. The van der Waals surface area contributed by atoms with Crippen LogP contribution in [0.25, 0.3) is 0 Å². The molecule has 2 rings (SSSR count). The van der Waals surface area contributed by atoms with Crippen LogP contribution in [0.1, 0.15) is 28.6 Å². The number of nitriles is 1. The van der Waals surface area contributed by atoms with Gasteiger partial charge in [-0.2, -0.15) is 18.4 Å². The van der Waals surface area contributed by atoms with Gasteiger partial charge in [-0.15, -0.1) is 11.3 Å². The van der Waals surface area contributed by atoms with Gasteiger partial charge in [0.2, 0.25) is 5.91 Å². The van der Waals surface area contributed by atoms with Crippen LogP contribution in [0.5, 0.6) is 0 Å². The first kappa shape index (κ1) is 19.3. The molecule has 2 heterocycles. The molecule has 25 heavy (non-hydrogen) atoms. The number of hydrogen-bond donors (Lipinski definition) is 1. The van der Waals surface area contributed by atoms with Crippen LogP contribution in [0.2, 0.25) is 0 Å². The van der Waals surface area contributed by atoms with Gasteiger partial charge in [-0.1, -0.05) is 17.8 Å². The Hall–Kier alpha value is -2.05. The number of nitrogens with one attached hydrogen (secondary N) is 1. The van der Waals surface area contributed by atoms with Gasteiger partial charge in [-0.05, 0) is 36.9 Å². The van der Waals surface area contributed by atoms with E-state index in [0.29, 0.717) is 6.54 Å². The predicted octanol–water partition coefficient (Wildman–Crippen LogP) is 4.14. The monoisotopic (exact) mass is 385 g/mol. The third kappa shape index (κ3) is 4.96. The summed E-state index contributed by atoms with van der Waals surface area (Å²) in [4.78, 5) is 16.7. The first-order valence-corrected chi connectivity index (χ1v) is 8.94. The minimum Gasteiger partial charge on any atom is -0.350 e. The van der Waals surface area contributed by atoms with Crippen molar-refractivity contribution in [3.8, 4) is 6.07 Å². The van der Waals surface area contributed by atoms with Crippen molar-refractivity contribution >= 4 is 29.0 Å². The summed E-state index contributed by atoms with van der Waals surface area (Å²) < 4.78 is 38.8. The first-order chi connectivity index (χ1) is 11.7. The van der Waals surface area contributed by atoms with Crippen LogP contribution >= 0.6 is 23.1 Å². The summed E-state index contributed by atoms with van der Waals surface area (Å²) in [6.45, 7) is 3.33. The lowest BCUT2D eigenvalue weighted by Gasteiger charge is -2.15. The summed E-state index contributed by atoms with van der Waals surface area (Å²) in [7, 11) is 0. The van der Waals surface area contributed by atoms with Crippen molar-refractivity contribution in [2.75, 3.05) is 0 Å². The zero-order valence-electron chi connectivity index (χ0n) is 13.3. The summed E-state index contributed by atoms with van der Waals surface area (Å²) in [6, 6.07) is 6.43. The number of hydrogen-bond acceptors (Lipinski definition) is 5. The minimum atomic E-state index is -4.61. The van der Waals surface area contributed by atoms with E-state index < -0.39 is 17.1 Å². The number of thioether (sulfide) groups is 1. The zero-order chi connectivity index (χ0) is 18.6. The van der Waals surface area contributed by atoms with Crippen LogP contribution in [-0.4, -0.2) is 16.1 Å². The van der Waals surface area contributed by atoms with E-state index in [9.17, 15) is 23.2 Å². The number of alkyl halides is 3. The third-order valence-corrected chi connectivity index (χ3v) is 5.22. The van der Waals surface area contributed by atoms with Gasteiger partial charge in [0.25, 0.3) is 0 Å². The summed E-state index contributed by atoms with van der Waals surface area (Å²) >= 11 is 2.33. The first-order valence-electron chi connectivity index (χ1n) is 7.18. The highest BCUT2D eigenvalue weighted by Gasteiger charge is 2.34. The average molecular weight is 385 g/mol. The molecule has 132 valence electrons. The Bertz CT molecular complexity index is 798. The van der Waals surface area contributed by atoms with Crippen molar-refractivity contribution in [2.45, 2.75) is 36.8 Å². The highest BCUT2D eigenvalue weighted by Crippen LogP contribution is 2.33. The number of thiophene rings is 1. The fourth-order valence-corrected chi connectivity index (χ4v) is 3.61. The normalized spacial score (nSPS) is 12.5. The Kier molecular flexibility index (Phi) is 6.08. The zero-order valence-corrected chi connectivity index (χ0v) is 15.0. The molecule has 1 amide bonds. The van der Waals surface area contributed by atoms with Crippen LogP contribution in [-0.2, 0) is 17.5 Å². The van der Waals surface area contributed by atoms with E-state index in [2.05, 4.69) is 10.3 Å². The van der Waals surface area contributed by atoms with Crippen molar-refractivity contribution < 1.29 is 18.0 Å². The molecule has 0 bridgehead atoms. The number of nitrogens with zero attached hydrogens (tertiary/aromatic N) is 2. The SMILES string of the molecule is Cc1cc(C(F)(F)F)nc(S[C@@H](C)C(=O)NCc2cccs2)c1C#N. The lowest BCUT2D eigenvalue weighted by Crippen LogP contribution is -2.30. The Morgan fingerprint density at radius 1 is 1.52 bits per heavy atom. The number of halogens is 3. The summed E-state index contributed by atoms with van der Waals surface area (Å²) in [5, 5.41) is 13.0. The molecule has 0 aliphatic carbocycles. The molecule has 2 aromatic rings. The molecule has 0 saturated heterocycles. The molecule has 1 atom stereocenters. The highest BCUT2D eigenvalue weighted by molar-refractivity contribution is 8.00. The van der Waals surface area contributed by atoms with Gasteiger partial charge in [0.1, 0.15) is 16.8 Å². The van der Waals surface area contributed by atoms with E-state index in [4.69, 9.17) is 0 Å². The number of aryl methyl sites for hydroxylation is 1. The number of pyridine rings is 1. The predicted molar refractivity (Wildman–Crippen MR) is 90.2 cm³/mol. The highest BCUT2D eigenvalue weighted by atomic mass is 32.2. The Morgan fingerprint density at radius 3 is 2.80 bits per heavy atom. The molecular weight excluding hydrogens is 371 g/mol. The smallest absolute Gasteiger partial charge is 0.350 e. The van der Waals surface area contributed by atoms with Crippen molar-refractivity contribution in [1.82, 2.24) is 10.3 Å². The molecule has 0 aromatic carbocycles. The number of aromatic nitrogens is 1. The molecule has 0 radical (unpaired) electrons. The topological polar surface area (TPSA) is 65.8 Å². The number of amides is 1. The lowest BCUT2D eigenvalue weighted by atomic mass is 10.1. The van der Waals surface area contributed by atoms with Gasteiger partial charge in [0.05, 0.1) is 17.4 Å². The van der Waals surface area contributed by atoms with Crippen molar-refractivity contribution in [3.05, 3.63) is 45.3 Å². The fraction of sp³-hybridized carbons (Fsp3) is 0.312. The summed E-state index contributed by atoms with van der Waals surface area (Å²) in [5.74, 6) is -0.334. The van der Waals surface area contributed by atoms with Gasteiger partial charge in [-0.25, -0.2) is 4.98 Å². The van der Waals surface area contributed by atoms with Crippen LogP contribution < -0.4 is 5.32 Å². The van der Waals surface area contributed by atoms with Gasteiger partial charge in [-0.3, -0.25) is 4.79 Å². The molecule has 0 unspecified atom stereocenters. The van der Waals surface area contributed by atoms with E-state index in [1.54, 1.807) is 6.92 Å². The summed E-state index contributed by atoms with van der Waals surface area (Å²) in [5.41, 5.74) is -0.841. The molecule has 0 aliphatic rings. The Morgan fingerprint density at radius 2 is 2.24 bits per heavy atom. The van der Waals surface area contributed by atoms with E-state index in [-0.39, 0.29) is 22.1 Å². The molecule has 0 fully saturated rings. The molecule has 0 aliphatic heterocycles. The van der Waals surface area contributed by atoms with Crippen molar-refractivity contribution in [2.24, 2.45) is 0 Å². The second kappa shape index (κ2) is 7.89. The third-order valence-electron chi connectivity index (χ3n) is 3.26. The van der Waals surface area contributed by atoms with Crippen LogP contribution in [0.15, 0.2) is 28.6 Å². The van der Waals surface area contributed by atoms with Crippen LogP contribution in [0.3, 0.4) is 0 Å². The van der Waals surface area contributed by atoms with E-state index in [1.165, 1.54) is 18.3 Å². The number of rotatable bonds is 5. The van der Waals surface area contributed by atoms with Gasteiger partial charge in [0, 0.05) is 4.88 Å². The molecule has 2 aromatic heterocycles. The number of carbonyl (C=O) groups is 1. The molecule has 9 heteroatoms. The standard InChI is InChI=1S/C16H14F3N3OS2/c1-9-6-13(16(17,18)19)22-15(12(9)7-20)25-10(2)14(23)21-8-11-4-3-5-24-11/h3-6,10H,8H2,1-2H3,(H,21,23)/t10-/m0/s1.